The van der Waals surface area contributed by atoms with E-state index in [1.54, 1.807) is 18.2 Å². The van der Waals surface area contributed by atoms with Crippen LogP contribution in [0, 0.1) is 0 Å². The smallest absolute Gasteiger partial charge is 0.244 e. The molecular formula is C13H20N2O3S. The van der Waals surface area contributed by atoms with E-state index in [1.165, 1.54) is 13.2 Å². The van der Waals surface area contributed by atoms with Crippen LogP contribution in [-0.2, 0) is 10.0 Å². The van der Waals surface area contributed by atoms with E-state index in [0.717, 1.165) is 25.7 Å². The summed E-state index contributed by atoms with van der Waals surface area (Å²) in [5.74, 6) is 0.347. The molecule has 0 aliphatic heterocycles. The number of para-hydroxylation sites is 1. The third-order valence-corrected chi connectivity index (χ3v) is 5.01. The summed E-state index contributed by atoms with van der Waals surface area (Å²) in [7, 11) is -2.13. The Morgan fingerprint density at radius 2 is 1.95 bits per heavy atom. The lowest BCUT2D eigenvalue weighted by Gasteiger charge is -2.29. The summed E-state index contributed by atoms with van der Waals surface area (Å²) in [4.78, 5) is 0.162. The summed E-state index contributed by atoms with van der Waals surface area (Å²) in [5.41, 5.74) is 5.98. The van der Waals surface area contributed by atoms with E-state index in [1.807, 2.05) is 0 Å². The second-order valence-corrected chi connectivity index (χ2v) is 6.51. The van der Waals surface area contributed by atoms with Gasteiger partial charge in [0.15, 0.2) is 0 Å². The standard InChI is InChI=1S/C13H20N2O3S/c1-18-12-8-4-5-9-13(12)19(16,17)15-11-7-3-2-6-10(11)14/h4-5,8-11,15H,2-3,6-7,14H2,1H3/t10-,11-/m1/s1. The van der Waals surface area contributed by atoms with Crippen molar-refractivity contribution in [3.05, 3.63) is 24.3 Å². The van der Waals surface area contributed by atoms with E-state index < -0.39 is 10.0 Å². The van der Waals surface area contributed by atoms with Crippen molar-refractivity contribution in [2.24, 2.45) is 5.73 Å². The van der Waals surface area contributed by atoms with Gasteiger partial charge in [-0.15, -0.1) is 0 Å². The van der Waals surface area contributed by atoms with Crippen LogP contribution in [0.25, 0.3) is 0 Å². The molecule has 0 spiro atoms. The SMILES string of the molecule is COc1ccccc1S(=O)(=O)N[C@@H]1CCCC[C@H]1N. The first-order valence-corrected chi connectivity index (χ1v) is 7.94. The zero-order chi connectivity index (χ0) is 13.9. The number of nitrogens with one attached hydrogen (secondary N) is 1. The number of nitrogens with two attached hydrogens (primary N) is 1. The first kappa shape index (κ1) is 14.3. The number of rotatable bonds is 4. The molecule has 1 aromatic rings. The van der Waals surface area contributed by atoms with E-state index in [4.69, 9.17) is 10.5 Å². The zero-order valence-corrected chi connectivity index (χ0v) is 11.8. The predicted octanol–water partition coefficient (Wildman–Crippen LogP) is 1.24. The van der Waals surface area contributed by atoms with Gasteiger partial charge in [-0.1, -0.05) is 25.0 Å². The molecule has 3 N–H and O–H groups in total. The van der Waals surface area contributed by atoms with Crippen molar-refractivity contribution >= 4 is 10.0 Å². The van der Waals surface area contributed by atoms with Gasteiger partial charge in [-0.3, -0.25) is 0 Å². The Kier molecular flexibility index (Phi) is 4.44. The molecule has 0 aromatic heterocycles. The summed E-state index contributed by atoms with van der Waals surface area (Å²) in [6, 6.07) is 6.29. The lowest BCUT2D eigenvalue weighted by atomic mass is 9.92. The monoisotopic (exact) mass is 284 g/mol. The van der Waals surface area contributed by atoms with Crippen molar-refractivity contribution in [1.82, 2.24) is 4.72 Å². The van der Waals surface area contributed by atoms with Gasteiger partial charge in [-0.25, -0.2) is 13.1 Å². The highest BCUT2D eigenvalue weighted by Crippen LogP contribution is 2.25. The molecular weight excluding hydrogens is 264 g/mol. The van der Waals surface area contributed by atoms with Crippen LogP contribution in [-0.4, -0.2) is 27.6 Å². The summed E-state index contributed by atoms with van der Waals surface area (Å²) in [6.45, 7) is 0. The fourth-order valence-electron chi connectivity index (χ4n) is 2.41. The van der Waals surface area contributed by atoms with Crippen LogP contribution in [0.15, 0.2) is 29.2 Å². The molecule has 1 aliphatic carbocycles. The van der Waals surface area contributed by atoms with Gasteiger partial charge < -0.3 is 10.5 Å². The maximum atomic E-state index is 12.4. The first-order chi connectivity index (χ1) is 9.04. The molecule has 1 aromatic carbocycles. The number of hydrogen-bond acceptors (Lipinski definition) is 4. The molecule has 0 saturated heterocycles. The van der Waals surface area contributed by atoms with Gasteiger partial charge in [0.05, 0.1) is 7.11 Å². The highest BCUT2D eigenvalue weighted by molar-refractivity contribution is 7.89. The number of methoxy groups -OCH3 is 1. The van der Waals surface area contributed by atoms with Crippen molar-refractivity contribution in [2.75, 3.05) is 7.11 Å². The summed E-state index contributed by atoms with van der Waals surface area (Å²) < 4.78 is 32.6. The number of benzene rings is 1. The van der Waals surface area contributed by atoms with Crippen LogP contribution >= 0.6 is 0 Å². The van der Waals surface area contributed by atoms with Gasteiger partial charge in [0.25, 0.3) is 0 Å². The Bertz CT molecular complexity index is 530. The Morgan fingerprint density at radius 3 is 2.63 bits per heavy atom. The molecule has 1 aliphatic rings. The first-order valence-electron chi connectivity index (χ1n) is 6.45. The quantitative estimate of drug-likeness (QED) is 0.871. The lowest BCUT2D eigenvalue weighted by molar-refractivity contribution is 0.359. The second-order valence-electron chi connectivity index (χ2n) is 4.83. The largest absolute Gasteiger partial charge is 0.495 e. The predicted molar refractivity (Wildman–Crippen MR) is 73.5 cm³/mol. The van der Waals surface area contributed by atoms with Gasteiger partial charge >= 0.3 is 0 Å². The average molecular weight is 284 g/mol. The number of hydrogen-bond donors (Lipinski definition) is 2. The number of ether oxygens (including phenoxy) is 1. The summed E-state index contributed by atoms with van der Waals surface area (Å²) >= 11 is 0. The molecule has 6 heteroatoms. The summed E-state index contributed by atoms with van der Waals surface area (Å²) in [5, 5.41) is 0. The minimum Gasteiger partial charge on any atom is -0.495 e. The third-order valence-electron chi connectivity index (χ3n) is 3.48. The molecule has 0 unspecified atom stereocenters. The van der Waals surface area contributed by atoms with E-state index >= 15 is 0 Å². The van der Waals surface area contributed by atoms with Gasteiger partial charge in [-0.2, -0.15) is 0 Å². The minimum atomic E-state index is -3.59. The molecule has 2 rings (SSSR count). The normalized spacial score (nSPS) is 24.1. The van der Waals surface area contributed by atoms with Gasteiger partial charge in [0.2, 0.25) is 10.0 Å². The molecule has 2 atom stereocenters. The molecule has 5 nitrogen and oxygen atoms in total. The van der Waals surface area contributed by atoms with Crippen LogP contribution in [0.2, 0.25) is 0 Å². The van der Waals surface area contributed by atoms with Crippen molar-refractivity contribution in [3.8, 4) is 5.75 Å². The molecule has 1 fully saturated rings. The molecule has 0 bridgehead atoms. The van der Waals surface area contributed by atoms with Crippen LogP contribution in [0.1, 0.15) is 25.7 Å². The fraction of sp³-hybridized carbons (Fsp3) is 0.538. The fourth-order valence-corrected chi connectivity index (χ4v) is 3.90. The van der Waals surface area contributed by atoms with E-state index in [2.05, 4.69) is 4.72 Å². The zero-order valence-electron chi connectivity index (χ0n) is 11.0. The second kappa shape index (κ2) is 5.90. The topological polar surface area (TPSA) is 81.4 Å². The average Bonchev–Trinajstić information content (AvgIpc) is 2.41. The van der Waals surface area contributed by atoms with Crippen LogP contribution in [0.4, 0.5) is 0 Å². The summed E-state index contributed by atoms with van der Waals surface area (Å²) in [6.07, 6.45) is 3.72. The highest BCUT2D eigenvalue weighted by Gasteiger charge is 2.28. The Hall–Kier alpha value is -1.11. The van der Waals surface area contributed by atoms with Gasteiger partial charge in [0, 0.05) is 12.1 Å². The molecule has 0 amide bonds. The molecule has 19 heavy (non-hydrogen) atoms. The van der Waals surface area contributed by atoms with Crippen molar-refractivity contribution in [3.63, 3.8) is 0 Å². The Labute approximate surface area is 114 Å². The maximum Gasteiger partial charge on any atom is 0.244 e. The van der Waals surface area contributed by atoms with E-state index in [-0.39, 0.29) is 17.0 Å². The Balaban J connectivity index is 2.22. The van der Waals surface area contributed by atoms with Crippen molar-refractivity contribution in [1.29, 1.82) is 0 Å². The maximum absolute atomic E-state index is 12.4. The van der Waals surface area contributed by atoms with Crippen LogP contribution in [0.3, 0.4) is 0 Å². The van der Waals surface area contributed by atoms with Crippen LogP contribution in [0.5, 0.6) is 5.75 Å². The van der Waals surface area contributed by atoms with Gasteiger partial charge in [-0.05, 0) is 25.0 Å². The molecule has 106 valence electrons. The molecule has 0 heterocycles. The highest BCUT2D eigenvalue weighted by atomic mass is 32.2. The van der Waals surface area contributed by atoms with Crippen LogP contribution < -0.4 is 15.2 Å². The molecule has 1 saturated carbocycles. The van der Waals surface area contributed by atoms with E-state index in [9.17, 15) is 8.42 Å². The lowest BCUT2D eigenvalue weighted by Crippen LogP contribution is -2.49. The third kappa shape index (κ3) is 3.26. The van der Waals surface area contributed by atoms with Crippen molar-refractivity contribution < 1.29 is 13.2 Å². The molecule has 0 radical (unpaired) electrons. The number of sulfonamides is 1. The Morgan fingerprint density at radius 1 is 1.26 bits per heavy atom. The van der Waals surface area contributed by atoms with Crippen molar-refractivity contribution in [2.45, 2.75) is 42.7 Å². The van der Waals surface area contributed by atoms with Gasteiger partial charge in [0.1, 0.15) is 10.6 Å². The van der Waals surface area contributed by atoms with E-state index in [0.29, 0.717) is 5.75 Å². The minimum absolute atomic E-state index is 0.113.